The standard InChI is InChI=1S/C47H28N4/c1-2-11-31(12-3-1)45-48-46(50-47(49-45)34-23-22-29-10-4-5-13-33(29)28-34)32-24-26-35(27-25-32)51-40-20-8-18-38-36-16-6-14-30-15-7-17-37(42(30)36)39-19-9-21-41(51)44(39)43(38)40/h1-28H. The molecule has 0 bridgehead atoms. The molecule has 0 spiro atoms. The number of fused-ring (bicyclic) bond motifs is 3. The average Bonchev–Trinajstić information content (AvgIpc) is 3.49. The van der Waals surface area contributed by atoms with Gasteiger partial charge in [0.1, 0.15) is 0 Å². The van der Waals surface area contributed by atoms with Crippen LogP contribution in [-0.2, 0) is 0 Å². The quantitative estimate of drug-likeness (QED) is 0.191. The first kappa shape index (κ1) is 28.0. The molecule has 0 saturated carbocycles. The van der Waals surface area contributed by atoms with Crippen LogP contribution in [0.2, 0.25) is 0 Å². The second-order valence-corrected chi connectivity index (χ2v) is 13.2. The summed E-state index contributed by atoms with van der Waals surface area (Å²) >= 11 is 0. The van der Waals surface area contributed by atoms with Crippen LogP contribution < -0.4 is 0 Å². The highest BCUT2D eigenvalue weighted by molar-refractivity contribution is 6.27. The van der Waals surface area contributed by atoms with E-state index in [1.54, 1.807) is 0 Å². The molecular weight excluding hydrogens is 621 g/mol. The Morgan fingerprint density at radius 3 is 1.41 bits per heavy atom. The molecule has 4 nitrogen and oxygen atoms in total. The lowest BCUT2D eigenvalue weighted by atomic mass is 9.93. The third-order valence-electron chi connectivity index (χ3n) is 10.4. The number of rotatable bonds is 4. The van der Waals surface area contributed by atoms with Crippen LogP contribution in [0, 0.1) is 0 Å². The topological polar surface area (TPSA) is 43.6 Å². The van der Waals surface area contributed by atoms with Crippen molar-refractivity contribution in [3.8, 4) is 62.1 Å². The van der Waals surface area contributed by atoms with E-state index in [4.69, 9.17) is 15.0 Å². The molecule has 2 aromatic heterocycles. The van der Waals surface area contributed by atoms with Gasteiger partial charge in [0.05, 0.1) is 11.0 Å². The highest BCUT2D eigenvalue weighted by atomic mass is 15.0. The molecule has 11 rings (SSSR count). The Kier molecular flexibility index (Phi) is 5.92. The maximum atomic E-state index is 5.05. The summed E-state index contributed by atoms with van der Waals surface area (Å²) in [6.45, 7) is 0. The van der Waals surface area contributed by atoms with Crippen molar-refractivity contribution in [2.45, 2.75) is 0 Å². The molecule has 2 heterocycles. The fourth-order valence-corrected chi connectivity index (χ4v) is 8.06. The molecule has 10 aromatic rings. The lowest BCUT2D eigenvalue weighted by molar-refractivity contribution is 1.07. The largest absolute Gasteiger partial charge is 0.309 e. The minimum Gasteiger partial charge on any atom is -0.309 e. The zero-order valence-electron chi connectivity index (χ0n) is 27.5. The number of nitrogens with zero attached hydrogens (tertiary/aromatic N) is 4. The Balaban J connectivity index is 1.09. The van der Waals surface area contributed by atoms with Crippen molar-refractivity contribution in [1.82, 2.24) is 19.5 Å². The van der Waals surface area contributed by atoms with Crippen molar-refractivity contribution in [2.24, 2.45) is 0 Å². The summed E-state index contributed by atoms with van der Waals surface area (Å²) in [5, 5.41) is 7.51. The van der Waals surface area contributed by atoms with Gasteiger partial charge in [0.25, 0.3) is 0 Å². The van der Waals surface area contributed by atoms with Crippen molar-refractivity contribution in [3.63, 3.8) is 0 Å². The summed E-state index contributed by atoms with van der Waals surface area (Å²) in [6.07, 6.45) is 0. The number of hydrogen-bond donors (Lipinski definition) is 0. The third kappa shape index (κ3) is 4.23. The minimum absolute atomic E-state index is 0.643. The SMILES string of the molecule is c1ccc(-c2nc(-c3ccc(-n4c5cccc6c5c5c(cccc54)-c4cccc5cccc-6c45)cc3)nc(-c3ccc4ccccc4c3)n2)cc1. The lowest BCUT2D eigenvalue weighted by Gasteiger charge is -2.13. The molecule has 236 valence electrons. The van der Waals surface area contributed by atoms with Crippen LogP contribution in [-0.4, -0.2) is 19.5 Å². The number of aromatic nitrogens is 4. The molecule has 0 unspecified atom stereocenters. The summed E-state index contributed by atoms with van der Waals surface area (Å²) < 4.78 is 2.40. The molecule has 0 radical (unpaired) electrons. The lowest BCUT2D eigenvalue weighted by Crippen LogP contribution is -2.00. The Morgan fingerprint density at radius 2 is 0.784 bits per heavy atom. The molecule has 0 fully saturated rings. The van der Waals surface area contributed by atoms with Crippen LogP contribution >= 0.6 is 0 Å². The summed E-state index contributed by atoms with van der Waals surface area (Å²) in [4.78, 5) is 15.0. The molecular formula is C47H28N4. The molecule has 51 heavy (non-hydrogen) atoms. The minimum atomic E-state index is 0.643. The van der Waals surface area contributed by atoms with Crippen molar-refractivity contribution in [1.29, 1.82) is 0 Å². The molecule has 0 aliphatic heterocycles. The Morgan fingerprint density at radius 1 is 0.314 bits per heavy atom. The van der Waals surface area contributed by atoms with Crippen molar-refractivity contribution >= 4 is 43.4 Å². The van der Waals surface area contributed by atoms with Crippen LogP contribution in [0.5, 0.6) is 0 Å². The van der Waals surface area contributed by atoms with Gasteiger partial charge in [0.2, 0.25) is 0 Å². The molecule has 0 N–H and O–H groups in total. The van der Waals surface area contributed by atoms with Crippen molar-refractivity contribution in [3.05, 3.63) is 170 Å². The normalized spacial score (nSPS) is 11.9. The van der Waals surface area contributed by atoms with Gasteiger partial charge in [-0.25, -0.2) is 15.0 Å². The molecule has 0 atom stereocenters. The van der Waals surface area contributed by atoms with E-state index < -0.39 is 0 Å². The Bertz CT molecular complexity index is 2920. The van der Waals surface area contributed by atoms with E-state index in [9.17, 15) is 0 Å². The first-order valence-electron chi connectivity index (χ1n) is 17.3. The van der Waals surface area contributed by atoms with Gasteiger partial charge in [0.15, 0.2) is 17.5 Å². The zero-order valence-corrected chi connectivity index (χ0v) is 27.5. The Labute approximate surface area is 294 Å². The maximum absolute atomic E-state index is 5.05. The van der Waals surface area contributed by atoms with Crippen LogP contribution in [0.1, 0.15) is 0 Å². The van der Waals surface area contributed by atoms with Gasteiger partial charge in [-0.3, -0.25) is 0 Å². The van der Waals surface area contributed by atoms with E-state index in [0.717, 1.165) is 27.8 Å². The average molecular weight is 649 g/mol. The van der Waals surface area contributed by atoms with E-state index in [1.807, 2.05) is 30.3 Å². The third-order valence-corrected chi connectivity index (χ3v) is 10.4. The van der Waals surface area contributed by atoms with Crippen LogP contribution in [0.3, 0.4) is 0 Å². The second-order valence-electron chi connectivity index (χ2n) is 13.2. The van der Waals surface area contributed by atoms with E-state index >= 15 is 0 Å². The first-order chi connectivity index (χ1) is 25.3. The smallest absolute Gasteiger partial charge is 0.164 e. The molecule has 1 aliphatic rings. The predicted octanol–water partition coefficient (Wildman–Crippen LogP) is 11.9. The van der Waals surface area contributed by atoms with Gasteiger partial charge in [-0.1, -0.05) is 127 Å². The van der Waals surface area contributed by atoms with Crippen molar-refractivity contribution < 1.29 is 0 Å². The maximum Gasteiger partial charge on any atom is 0.164 e. The van der Waals surface area contributed by atoms with Crippen LogP contribution in [0.4, 0.5) is 0 Å². The van der Waals surface area contributed by atoms with E-state index in [2.05, 4.69) is 144 Å². The predicted molar refractivity (Wildman–Crippen MR) is 210 cm³/mol. The summed E-state index contributed by atoms with van der Waals surface area (Å²) in [7, 11) is 0. The van der Waals surface area contributed by atoms with E-state index in [-0.39, 0.29) is 0 Å². The molecule has 1 aliphatic carbocycles. The second kappa shape index (κ2) is 10.8. The molecule has 0 amide bonds. The Hall–Kier alpha value is -6.91. The highest BCUT2D eigenvalue weighted by Crippen LogP contribution is 2.49. The van der Waals surface area contributed by atoms with Gasteiger partial charge in [-0.15, -0.1) is 0 Å². The summed E-state index contributed by atoms with van der Waals surface area (Å²) in [5.41, 5.74) is 11.4. The van der Waals surface area contributed by atoms with Crippen molar-refractivity contribution in [2.75, 3.05) is 0 Å². The van der Waals surface area contributed by atoms with Gasteiger partial charge in [-0.05, 0) is 86.3 Å². The highest BCUT2D eigenvalue weighted by Gasteiger charge is 2.24. The summed E-state index contributed by atoms with van der Waals surface area (Å²) in [6, 6.07) is 60.3. The number of benzene rings is 8. The molecule has 0 saturated heterocycles. The number of hydrogen-bond acceptors (Lipinski definition) is 3. The van der Waals surface area contributed by atoms with Gasteiger partial charge in [-0.2, -0.15) is 0 Å². The molecule has 8 aromatic carbocycles. The van der Waals surface area contributed by atoms with Gasteiger partial charge >= 0.3 is 0 Å². The van der Waals surface area contributed by atoms with Crippen LogP contribution in [0.25, 0.3) is 105 Å². The van der Waals surface area contributed by atoms with Gasteiger partial charge < -0.3 is 4.57 Å². The fraction of sp³-hybridized carbons (Fsp3) is 0. The summed E-state index contributed by atoms with van der Waals surface area (Å²) in [5.74, 6) is 1.95. The van der Waals surface area contributed by atoms with Crippen LogP contribution in [0.15, 0.2) is 170 Å². The monoisotopic (exact) mass is 648 g/mol. The fourth-order valence-electron chi connectivity index (χ4n) is 8.06. The van der Waals surface area contributed by atoms with E-state index in [0.29, 0.717) is 17.5 Å². The zero-order chi connectivity index (χ0) is 33.5. The van der Waals surface area contributed by atoms with Gasteiger partial charge in [0, 0.05) is 33.2 Å². The first-order valence-corrected chi connectivity index (χ1v) is 17.3. The van der Waals surface area contributed by atoms with E-state index in [1.165, 1.54) is 60.2 Å². The molecule has 4 heteroatoms.